The van der Waals surface area contributed by atoms with Gasteiger partial charge in [-0.05, 0) is 0 Å². The molecule has 1 aromatic rings. The molecule has 0 radical (unpaired) electrons. The Kier molecular flexibility index (Phi) is 14.4. The van der Waals surface area contributed by atoms with E-state index in [0.29, 0.717) is 0 Å². The van der Waals surface area contributed by atoms with E-state index in [4.69, 9.17) is 0 Å². The topological polar surface area (TPSA) is 0 Å². The van der Waals surface area contributed by atoms with Gasteiger partial charge in [0.2, 0.25) is 0 Å². The minimum atomic E-state index is 0. The molecular formula is C11H15Cl2Zr-. The maximum Gasteiger partial charge on any atom is -0.172 e. The molecule has 0 nitrogen and oxygen atoms in total. The Morgan fingerprint density at radius 3 is 1.64 bits per heavy atom. The normalized spacial score (nSPS) is 14.3. The van der Waals surface area contributed by atoms with Crippen molar-refractivity contribution in [2.45, 2.75) is 32.1 Å². The van der Waals surface area contributed by atoms with Crippen LogP contribution < -0.4 is 24.8 Å². The molecule has 0 heterocycles. The van der Waals surface area contributed by atoms with Crippen LogP contribution in [0.5, 0.6) is 0 Å². The molecule has 14 heavy (non-hydrogen) atoms. The van der Waals surface area contributed by atoms with Crippen LogP contribution in [0.1, 0.15) is 32.1 Å². The van der Waals surface area contributed by atoms with E-state index in [2.05, 4.69) is 0 Å². The van der Waals surface area contributed by atoms with Gasteiger partial charge in [-0.1, -0.05) is 0 Å². The number of rotatable bonds is 0. The van der Waals surface area contributed by atoms with Gasteiger partial charge in [0.25, 0.3) is 0 Å². The van der Waals surface area contributed by atoms with E-state index >= 15 is 0 Å². The zero-order valence-corrected chi connectivity index (χ0v) is 12.1. The van der Waals surface area contributed by atoms with E-state index in [1.54, 1.807) is 27.4 Å². The molecule has 1 aliphatic rings. The summed E-state index contributed by atoms with van der Waals surface area (Å²) in [4.78, 5) is 0. The predicted molar refractivity (Wildman–Crippen MR) is 50.1 cm³/mol. The van der Waals surface area contributed by atoms with Crippen molar-refractivity contribution in [1.82, 2.24) is 0 Å². The maximum absolute atomic E-state index is 2.00. The van der Waals surface area contributed by atoms with Crippen LogP contribution in [0.2, 0.25) is 0 Å². The fourth-order valence-corrected chi connectivity index (χ4v) is 2.17. The summed E-state index contributed by atoms with van der Waals surface area (Å²) in [7, 11) is 0. The largest absolute Gasteiger partial charge is 0.214 e. The Balaban J connectivity index is 0. The third kappa shape index (κ3) is 9.25. The summed E-state index contributed by atoms with van der Waals surface area (Å²) < 4.78 is 1.80. The molecule has 1 aliphatic carbocycles. The van der Waals surface area contributed by atoms with Gasteiger partial charge in [0.15, 0.2) is 0 Å². The first-order valence-corrected chi connectivity index (χ1v) is 5.85. The summed E-state index contributed by atoms with van der Waals surface area (Å²) in [6, 6.07) is 10.0. The van der Waals surface area contributed by atoms with Crippen LogP contribution in [-0.4, -0.2) is 3.21 Å². The first-order chi connectivity index (χ1) is 5.89. The minimum absolute atomic E-state index is 0. The average Bonchev–Trinajstić information content (AvgIpc) is 2.62. The molecule has 1 saturated carbocycles. The van der Waals surface area contributed by atoms with Gasteiger partial charge in [0.1, 0.15) is 0 Å². The summed E-state index contributed by atoms with van der Waals surface area (Å²) in [5.74, 6) is 0. The quantitative estimate of drug-likeness (QED) is 0.451. The summed E-state index contributed by atoms with van der Waals surface area (Å²) in [6.45, 7) is 0. The smallest absolute Gasteiger partial charge is 0.172 e. The molecule has 0 bridgehead atoms. The van der Waals surface area contributed by atoms with Crippen molar-refractivity contribution in [3.05, 3.63) is 30.3 Å². The molecule has 2 rings (SSSR count). The number of hydrogen-bond donors (Lipinski definition) is 0. The van der Waals surface area contributed by atoms with Gasteiger partial charge in [0, 0.05) is 0 Å². The molecule has 0 unspecified atom stereocenters. The van der Waals surface area contributed by atoms with E-state index in [1.165, 1.54) is 32.1 Å². The molecule has 0 atom stereocenters. The Morgan fingerprint density at radius 2 is 1.43 bits per heavy atom. The summed E-state index contributed by atoms with van der Waals surface area (Å²) in [6.07, 6.45) is 7.32. The van der Waals surface area contributed by atoms with Gasteiger partial charge >= 0.3 is 59.5 Å². The minimum Gasteiger partial charge on any atom is -0.214 e. The van der Waals surface area contributed by atoms with E-state index < -0.39 is 0 Å². The van der Waals surface area contributed by atoms with Gasteiger partial charge < -0.3 is 24.8 Å². The monoisotopic (exact) mass is 307 g/mol. The van der Waals surface area contributed by atoms with Crippen LogP contribution in [0.25, 0.3) is 0 Å². The van der Waals surface area contributed by atoms with Crippen LogP contribution in [-0.2, 0) is 24.2 Å². The van der Waals surface area contributed by atoms with Crippen molar-refractivity contribution in [3.63, 3.8) is 0 Å². The first kappa shape index (κ1) is 17.1. The van der Waals surface area contributed by atoms with E-state index in [-0.39, 0.29) is 24.8 Å². The predicted octanol–water partition coefficient (Wildman–Crippen LogP) is -2.92. The summed E-state index contributed by atoms with van der Waals surface area (Å²) in [5, 5.41) is 0. The van der Waals surface area contributed by atoms with Gasteiger partial charge in [0.05, 0.1) is 0 Å². The van der Waals surface area contributed by atoms with Crippen molar-refractivity contribution in [1.29, 1.82) is 0 Å². The molecule has 0 spiro atoms. The van der Waals surface area contributed by atoms with Crippen molar-refractivity contribution in [3.8, 4) is 0 Å². The second-order valence-electron chi connectivity index (χ2n) is 3.13. The molecular weight excluding hydrogens is 294 g/mol. The molecule has 78 valence electrons. The zero-order valence-electron chi connectivity index (χ0n) is 8.18. The standard InChI is InChI=1S/C6H10.C5H5.2ClH.Zr/c1-2-4-6-5-3-1;1-2-4-5-3-1;;;/h1-5H2;1-5H;2*1H;/q;-1;;;+2/p-2. The van der Waals surface area contributed by atoms with Crippen LogP contribution >= 0.6 is 0 Å². The van der Waals surface area contributed by atoms with Crippen LogP contribution in [0.4, 0.5) is 0 Å². The van der Waals surface area contributed by atoms with Gasteiger partial charge in [-0.2, -0.15) is 18.2 Å². The third-order valence-electron chi connectivity index (χ3n) is 2.01. The molecule has 3 heteroatoms. The number of halogens is 2. The second-order valence-corrected chi connectivity index (χ2v) is 4.86. The van der Waals surface area contributed by atoms with Gasteiger partial charge in [-0.3, -0.25) is 0 Å². The Morgan fingerprint density at radius 1 is 0.929 bits per heavy atom. The molecule has 0 aliphatic heterocycles. The third-order valence-corrected chi connectivity index (χ3v) is 3.24. The zero-order chi connectivity index (χ0) is 8.65. The van der Waals surface area contributed by atoms with Gasteiger partial charge in [-0.15, -0.1) is 0 Å². The summed E-state index contributed by atoms with van der Waals surface area (Å²) >= 11 is 1.69. The molecule has 1 fully saturated rings. The molecule has 1 aromatic carbocycles. The van der Waals surface area contributed by atoms with Crippen LogP contribution in [0, 0.1) is 0 Å². The summed E-state index contributed by atoms with van der Waals surface area (Å²) in [5.41, 5.74) is 0. The van der Waals surface area contributed by atoms with Crippen molar-refractivity contribution < 1.29 is 49.0 Å². The first-order valence-electron chi connectivity index (χ1n) is 4.62. The Bertz CT molecular complexity index is 182. The second kappa shape index (κ2) is 11.8. The maximum atomic E-state index is 2.00. The SMILES string of the molecule is [Cl-].[Cl-].[Zr+2]=[C]1CCCCC1.c1cc[cH-]c1. The molecule has 0 amide bonds. The van der Waals surface area contributed by atoms with Crippen LogP contribution in [0.15, 0.2) is 30.3 Å². The average molecular weight is 309 g/mol. The fourth-order valence-electron chi connectivity index (χ4n) is 1.30. The van der Waals surface area contributed by atoms with Crippen molar-refractivity contribution in [2.75, 3.05) is 0 Å². The Hall–Kier alpha value is 0.683. The van der Waals surface area contributed by atoms with Crippen molar-refractivity contribution in [2.24, 2.45) is 0 Å². The van der Waals surface area contributed by atoms with E-state index in [0.717, 1.165) is 0 Å². The van der Waals surface area contributed by atoms with Crippen LogP contribution in [0.3, 0.4) is 0 Å². The van der Waals surface area contributed by atoms with E-state index in [1.807, 2.05) is 30.3 Å². The fraction of sp³-hybridized carbons (Fsp3) is 0.455. The molecule has 0 N–H and O–H groups in total. The van der Waals surface area contributed by atoms with E-state index in [9.17, 15) is 0 Å². The Labute approximate surface area is 114 Å². The van der Waals surface area contributed by atoms with Crippen molar-refractivity contribution >= 4 is 3.21 Å². The van der Waals surface area contributed by atoms with Gasteiger partial charge in [-0.25, -0.2) is 12.1 Å². The molecule has 0 aromatic heterocycles. The molecule has 0 saturated heterocycles. The number of hydrogen-bond acceptors (Lipinski definition) is 0.